The van der Waals surface area contributed by atoms with Crippen LogP contribution in [0.25, 0.3) is 0 Å². The predicted octanol–water partition coefficient (Wildman–Crippen LogP) is 3.70. The summed E-state index contributed by atoms with van der Waals surface area (Å²) in [6.45, 7) is 0.606. The van der Waals surface area contributed by atoms with Gasteiger partial charge in [0, 0.05) is 0 Å². The van der Waals surface area contributed by atoms with E-state index in [2.05, 4.69) is 0 Å². The van der Waals surface area contributed by atoms with Crippen molar-refractivity contribution in [2.24, 2.45) is 11.5 Å². The number of hydrogen-bond donors (Lipinski definition) is 2. The van der Waals surface area contributed by atoms with Gasteiger partial charge in [0.25, 0.3) is 0 Å². The number of sulfone groups is 1. The lowest BCUT2D eigenvalue weighted by Gasteiger charge is -2.26. The van der Waals surface area contributed by atoms with Crippen molar-refractivity contribution in [3.63, 3.8) is 0 Å². The van der Waals surface area contributed by atoms with E-state index in [1.807, 2.05) is 48.6 Å². The van der Waals surface area contributed by atoms with Crippen LogP contribution in [0, 0.1) is 0 Å². The number of benzene rings is 2. The minimum atomic E-state index is -3.67. The summed E-state index contributed by atoms with van der Waals surface area (Å²) in [4.78, 5) is 0.373. The smallest absolute Gasteiger partial charge is 0.206 e. The van der Waals surface area contributed by atoms with Crippen molar-refractivity contribution >= 4 is 9.84 Å². The number of hydrogen-bond acceptors (Lipinski definition) is 6. The van der Waals surface area contributed by atoms with Crippen LogP contribution in [-0.4, -0.2) is 32.7 Å². The van der Waals surface area contributed by atoms with E-state index >= 15 is 0 Å². The van der Waals surface area contributed by atoms with Crippen LogP contribution in [0.3, 0.4) is 0 Å². The molecule has 7 heteroatoms. The number of nitrogens with two attached hydrogens (primary N) is 2. The second kappa shape index (κ2) is 9.39. The maximum Gasteiger partial charge on any atom is 0.206 e. The normalized spacial score (nSPS) is 24.1. The van der Waals surface area contributed by atoms with E-state index in [0.29, 0.717) is 37.6 Å². The third-order valence-electron chi connectivity index (χ3n) is 5.63. The van der Waals surface area contributed by atoms with Crippen LogP contribution < -0.4 is 20.9 Å². The number of allylic oxidation sites excluding steroid dienone is 4. The van der Waals surface area contributed by atoms with Crippen molar-refractivity contribution in [1.82, 2.24) is 0 Å². The van der Waals surface area contributed by atoms with Gasteiger partial charge in [0.15, 0.2) is 0 Å². The zero-order chi connectivity index (χ0) is 23.4. The van der Waals surface area contributed by atoms with Crippen LogP contribution in [0.2, 0.25) is 0 Å². The fraction of sp³-hybridized carbons (Fsp3) is 0.231. The Morgan fingerprint density at radius 3 is 1.39 bits per heavy atom. The third kappa shape index (κ3) is 5.63. The van der Waals surface area contributed by atoms with E-state index in [4.69, 9.17) is 20.9 Å². The second-order valence-corrected chi connectivity index (χ2v) is 10.4. The standard InChI is InChI=1S/C26H28N2O4S/c27-25(15-3-1-4-16-25)19-31-21-7-11-23(12-8-21)33(29,30)24-13-9-22(10-14-24)32-20-26(28)17-5-2-6-18-26/h1-15,17H,16,18-20,27-28H2. The molecule has 0 saturated carbocycles. The third-order valence-corrected chi connectivity index (χ3v) is 7.42. The van der Waals surface area contributed by atoms with Crippen molar-refractivity contribution in [2.45, 2.75) is 33.7 Å². The number of rotatable bonds is 8. The van der Waals surface area contributed by atoms with Gasteiger partial charge in [-0.25, -0.2) is 8.42 Å². The van der Waals surface area contributed by atoms with Gasteiger partial charge >= 0.3 is 0 Å². The van der Waals surface area contributed by atoms with Gasteiger partial charge < -0.3 is 20.9 Å². The molecule has 0 amide bonds. The first kappa shape index (κ1) is 23.0. The van der Waals surface area contributed by atoms with Gasteiger partial charge in [-0.05, 0) is 61.4 Å². The summed E-state index contributed by atoms with van der Waals surface area (Å²) >= 11 is 0. The highest BCUT2D eigenvalue weighted by molar-refractivity contribution is 7.91. The van der Waals surface area contributed by atoms with Gasteiger partial charge in [-0.1, -0.05) is 48.6 Å². The summed E-state index contributed by atoms with van der Waals surface area (Å²) in [5.41, 5.74) is 11.4. The molecule has 0 aliphatic heterocycles. The maximum absolute atomic E-state index is 13.0. The molecule has 2 aromatic rings. The zero-order valence-corrected chi connectivity index (χ0v) is 19.1. The van der Waals surface area contributed by atoms with Gasteiger partial charge in [-0.2, -0.15) is 0 Å². The van der Waals surface area contributed by atoms with Gasteiger partial charge in [-0.15, -0.1) is 0 Å². The molecule has 0 saturated heterocycles. The topological polar surface area (TPSA) is 105 Å². The lowest BCUT2D eigenvalue weighted by atomic mass is 9.94. The summed E-state index contributed by atoms with van der Waals surface area (Å²) in [6.07, 6.45) is 16.9. The van der Waals surface area contributed by atoms with E-state index in [1.165, 1.54) is 24.3 Å². The highest BCUT2D eigenvalue weighted by Crippen LogP contribution is 2.26. The Morgan fingerprint density at radius 2 is 1.06 bits per heavy atom. The van der Waals surface area contributed by atoms with Gasteiger partial charge in [0.1, 0.15) is 24.7 Å². The van der Waals surface area contributed by atoms with E-state index < -0.39 is 20.9 Å². The second-order valence-electron chi connectivity index (χ2n) is 8.47. The Morgan fingerprint density at radius 1 is 0.667 bits per heavy atom. The van der Waals surface area contributed by atoms with E-state index in [-0.39, 0.29) is 9.79 Å². The summed E-state index contributed by atoms with van der Waals surface area (Å²) in [6, 6.07) is 12.7. The average molecular weight is 465 g/mol. The first-order valence-electron chi connectivity index (χ1n) is 10.8. The molecule has 2 unspecified atom stereocenters. The molecule has 4 N–H and O–H groups in total. The molecule has 2 aromatic carbocycles. The van der Waals surface area contributed by atoms with Crippen LogP contribution in [0.5, 0.6) is 11.5 Å². The molecule has 0 radical (unpaired) electrons. The quantitative estimate of drug-likeness (QED) is 0.617. The Kier molecular flexibility index (Phi) is 6.56. The maximum atomic E-state index is 13.0. The van der Waals surface area contributed by atoms with Crippen molar-refractivity contribution in [3.05, 3.63) is 97.1 Å². The Bertz CT molecular complexity index is 1110. The Hall–Kier alpha value is -3.13. The van der Waals surface area contributed by atoms with Crippen molar-refractivity contribution in [1.29, 1.82) is 0 Å². The van der Waals surface area contributed by atoms with Crippen LogP contribution in [0.4, 0.5) is 0 Å². The SMILES string of the molecule is NC1(COc2ccc(S(=O)(=O)c3ccc(OCC4(N)C=CC=CC4)cc3)cc2)C=CC=CC1. The van der Waals surface area contributed by atoms with Crippen molar-refractivity contribution in [3.8, 4) is 11.5 Å². The molecule has 33 heavy (non-hydrogen) atoms. The number of ether oxygens (including phenoxy) is 2. The molecule has 4 rings (SSSR count). The molecule has 0 heterocycles. The van der Waals surface area contributed by atoms with E-state index in [9.17, 15) is 8.42 Å². The Labute approximate surface area is 194 Å². The summed E-state index contributed by atoms with van der Waals surface area (Å²) in [5, 5.41) is 0. The van der Waals surface area contributed by atoms with Crippen LogP contribution in [-0.2, 0) is 9.84 Å². The van der Waals surface area contributed by atoms with Crippen molar-refractivity contribution < 1.29 is 17.9 Å². The van der Waals surface area contributed by atoms with E-state index in [1.54, 1.807) is 24.3 Å². The lowest BCUT2D eigenvalue weighted by Crippen LogP contribution is -2.43. The molecule has 172 valence electrons. The summed E-state index contributed by atoms with van der Waals surface area (Å²) < 4.78 is 37.6. The highest BCUT2D eigenvalue weighted by Gasteiger charge is 2.24. The molecule has 0 fully saturated rings. The van der Waals surface area contributed by atoms with Crippen LogP contribution in [0.1, 0.15) is 12.8 Å². The average Bonchev–Trinajstić information content (AvgIpc) is 2.83. The minimum Gasteiger partial charge on any atom is -0.491 e. The first-order chi connectivity index (χ1) is 15.8. The molecule has 6 nitrogen and oxygen atoms in total. The fourth-order valence-electron chi connectivity index (χ4n) is 3.58. The molecule has 0 bridgehead atoms. The monoisotopic (exact) mass is 464 g/mol. The van der Waals surface area contributed by atoms with Crippen LogP contribution >= 0.6 is 0 Å². The lowest BCUT2D eigenvalue weighted by molar-refractivity contribution is 0.249. The fourth-order valence-corrected chi connectivity index (χ4v) is 4.84. The molecule has 2 aliphatic rings. The summed E-state index contributed by atoms with van der Waals surface area (Å²) in [7, 11) is -3.67. The molecular formula is C26H28N2O4S. The van der Waals surface area contributed by atoms with Gasteiger partial charge in [0.05, 0.1) is 20.9 Å². The van der Waals surface area contributed by atoms with Gasteiger partial charge in [0.2, 0.25) is 9.84 Å². The highest BCUT2D eigenvalue weighted by atomic mass is 32.2. The largest absolute Gasteiger partial charge is 0.491 e. The first-order valence-corrected chi connectivity index (χ1v) is 12.2. The van der Waals surface area contributed by atoms with Crippen molar-refractivity contribution in [2.75, 3.05) is 13.2 Å². The summed E-state index contributed by atoms with van der Waals surface area (Å²) in [5.74, 6) is 1.13. The zero-order valence-electron chi connectivity index (χ0n) is 18.3. The van der Waals surface area contributed by atoms with Crippen LogP contribution in [0.15, 0.2) is 107 Å². The van der Waals surface area contributed by atoms with Gasteiger partial charge in [-0.3, -0.25) is 0 Å². The Balaban J connectivity index is 1.38. The molecule has 2 aliphatic carbocycles. The van der Waals surface area contributed by atoms with E-state index in [0.717, 1.165) is 0 Å². The molecule has 0 spiro atoms. The predicted molar refractivity (Wildman–Crippen MR) is 129 cm³/mol. The molecule has 0 aromatic heterocycles. The molecular weight excluding hydrogens is 436 g/mol. The minimum absolute atomic E-state index is 0.187. The molecule has 2 atom stereocenters.